The molecule has 25 heavy (non-hydrogen) atoms. The Kier molecular flexibility index (Phi) is 5.37. The lowest BCUT2D eigenvalue weighted by Gasteiger charge is -2.34. The van der Waals surface area contributed by atoms with Crippen LogP contribution in [0.1, 0.15) is 20.3 Å². The second-order valence-corrected chi connectivity index (χ2v) is 7.48. The molecule has 0 unspecified atom stereocenters. The lowest BCUT2D eigenvalue weighted by Crippen LogP contribution is -2.38. The van der Waals surface area contributed by atoms with Crippen molar-refractivity contribution in [3.63, 3.8) is 0 Å². The number of hydrogen-bond acceptors (Lipinski definition) is 6. The second-order valence-electron chi connectivity index (χ2n) is 6.52. The smallest absolute Gasteiger partial charge is 0.325 e. The van der Waals surface area contributed by atoms with Crippen LogP contribution in [0.2, 0.25) is 0 Å². The van der Waals surface area contributed by atoms with Crippen LogP contribution in [0.15, 0.2) is 24.3 Å². The van der Waals surface area contributed by atoms with Crippen LogP contribution in [-0.4, -0.2) is 36.4 Å². The van der Waals surface area contributed by atoms with E-state index in [0.29, 0.717) is 28.4 Å². The minimum absolute atomic E-state index is 0.368. The minimum Gasteiger partial charge on any atom is -0.495 e. The zero-order valence-electron chi connectivity index (χ0n) is 14.7. The highest BCUT2D eigenvalue weighted by atomic mass is 32.1. The molecule has 1 saturated heterocycles. The van der Waals surface area contributed by atoms with Crippen molar-refractivity contribution in [3.8, 4) is 5.75 Å². The predicted molar refractivity (Wildman–Crippen MR) is 101 cm³/mol. The van der Waals surface area contributed by atoms with Gasteiger partial charge in [0.2, 0.25) is 10.3 Å². The summed E-state index contributed by atoms with van der Waals surface area (Å²) in [7, 11) is 1.57. The quantitative estimate of drug-likeness (QED) is 0.868. The normalized spacial score (nSPS) is 20.2. The van der Waals surface area contributed by atoms with Gasteiger partial charge in [-0.15, -0.1) is 10.2 Å². The first kappa shape index (κ1) is 17.5. The van der Waals surface area contributed by atoms with Gasteiger partial charge in [-0.3, -0.25) is 5.32 Å². The van der Waals surface area contributed by atoms with E-state index in [4.69, 9.17) is 4.74 Å². The average molecular weight is 361 g/mol. The van der Waals surface area contributed by atoms with Gasteiger partial charge in [-0.05, 0) is 30.4 Å². The molecule has 0 spiro atoms. The van der Waals surface area contributed by atoms with E-state index < -0.39 is 0 Å². The van der Waals surface area contributed by atoms with Crippen LogP contribution in [-0.2, 0) is 0 Å². The standard InChI is InChI=1S/C17H23N5O2S/c1-11-8-12(2)10-22(9-11)17-21-20-16(25-17)19-15(23)18-13-6-4-5-7-14(13)24-3/h4-7,11-12H,8-10H2,1-3H3,(H2,18,19,20,23)/t11-,12+. The molecule has 1 fully saturated rings. The molecule has 2 aromatic rings. The zero-order valence-corrected chi connectivity index (χ0v) is 15.5. The third kappa shape index (κ3) is 4.39. The topological polar surface area (TPSA) is 79.4 Å². The SMILES string of the molecule is COc1ccccc1NC(=O)Nc1nnc(N2C[C@H](C)C[C@H](C)C2)s1. The molecule has 1 aliphatic rings. The number of ether oxygens (including phenoxy) is 1. The van der Waals surface area contributed by atoms with Gasteiger partial charge in [0.15, 0.2) is 0 Å². The van der Waals surface area contributed by atoms with Gasteiger partial charge in [-0.1, -0.05) is 37.3 Å². The van der Waals surface area contributed by atoms with Crippen molar-refractivity contribution in [2.45, 2.75) is 20.3 Å². The van der Waals surface area contributed by atoms with Crippen LogP contribution >= 0.6 is 11.3 Å². The number of benzene rings is 1. The van der Waals surface area contributed by atoms with Gasteiger partial charge in [0.1, 0.15) is 5.75 Å². The molecule has 0 aliphatic carbocycles. The number of para-hydroxylation sites is 2. The number of anilines is 3. The van der Waals surface area contributed by atoms with Gasteiger partial charge in [0.05, 0.1) is 12.8 Å². The number of methoxy groups -OCH3 is 1. The molecule has 3 rings (SSSR count). The Hall–Kier alpha value is -2.35. The van der Waals surface area contributed by atoms with Crippen LogP contribution in [0.25, 0.3) is 0 Å². The van der Waals surface area contributed by atoms with Crippen molar-refractivity contribution in [3.05, 3.63) is 24.3 Å². The summed E-state index contributed by atoms with van der Waals surface area (Å²) in [5.41, 5.74) is 0.603. The Bertz CT molecular complexity index is 725. The molecule has 0 saturated carbocycles. The third-order valence-electron chi connectivity index (χ3n) is 4.13. The second kappa shape index (κ2) is 7.69. The molecule has 7 nitrogen and oxygen atoms in total. The van der Waals surface area contributed by atoms with Crippen LogP contribution in [0.5, 0.6) is 5.75 Å². The predicted octanol–water partition coefficient (Wildman–Crippen LogP) is 3.67. The Morgan fingerprint density at radius 1 is 1.20 bits per heavy atom. The number of rotatable bonds is 4. The van der Waals surface area contributed by atoms with Gasteiger partial charge in [0, 0.05) is 13.1 Å². The Balaban J connectivity index is 1.62. The molecule has 0 radical (unpaired) electrons. The summed E-state index contributed by atoms with van der Waals surface area (Å²) < 4.78 is 5.23. The summed E-state index contributed by atoms with van der Waals surface area (Å²) in [6.07, 6.45) is 1.24. The Morgan fingerprint density at radius 3 is 2.64 bits per heavy atom. The zero-order chi connectivity index (χ0) is 17.8. The maximum absolute atomic E-state index is 12.2. The van der Waals surface area contributed by atoms with Crippen molar-refractivity contribution < 1.29 is 9.53 Å². The minimum atomic E-state index is -0.368. The average Bonchev–Trinajstić information content (AvgIpc) is 3.03. The molecular formula is C17H23N5O2S. The van der Waals surface area contributed by atoms with E-state index >= 15 is 0 Å². The van der Waals surface area contributed by atoms with E-state index in [1.165, 1.54) is 17.8 Å². The number of carbonyl (C=O) groups excluding carboxylic acids is 1. The van der Waals surface area contributed by atoms with E-state index in [2.05, 4.69) is 39.6 Å². The first-order chi connectivity index (χ1) is 12.0. The first-order valence-corrected chi connectivity index (χ1v) is 9.16. The summed E-state index contributed by atoms with van der Waals surface area (Å²) >= 11 is 1.39. The summed E-state index contributed by atoms with van der Waals surface area (Å²) in [5, 5.41) is 15.2. The summed E-state index contributed by atoms with van der Waals surface area (Å²) in [5.74, 6) is 1.88. The van der Waals surface area contributed by atoms with Gasteiger partial charge in [-0.2, -0.15) is 0 Å². The largest absolute Gasteiger partial charge is 0.495 e. The molecule has 0 bridgehead atoms. The number of aromatic nitrogens is 2. The van der Waals surface area contributed by atoms with Crippen LogP contribution in [0.3, 0.4) is 0 Å². The monoisotopic (exact) mass is 361 g/mol. The van der Waals surface area contributed by atoms with E-state index in [-0.39, 0.29) is 6.03 Å². The maximum Gasteiger partial charge on any atom is 0.325 e. The lowest BCUT2D eigenvalue weighted by molar-refractivity contribution is 0.262. The van der Waals surface area contributed by atoms with E-state index in [0.717, 1.165) is 18.2 Å². The molecule has 8 heteroatoms. The fraction of sp³-hybridized carbons (Fsp3) is 0.471. The van der Waals surface area contributed by atoms with Crippen molar-refractivity contribution >= 4 is 33.3 Å². The van der Waals surface area contributed by atoms with Gasteiger partial charge >= 0.3 is 6.03 Å². The highest BCUT2D eigenvalue weighted by Gasteiger charge is 2.24. The molecular weight excluding hydrogens is 338 g/mol. The van der Waals surface area contributed by atoms with Crippen molar-refractivity contribution in [1.82, 2.24) is 10.2 Å². The molecule has 1 aromatic heterocycles. The number of urea groups is 1. The number of carbonyl (C=O) groups is 1. The number of nitrogens with one attached hydrogen (secondary N) is 2. The van der Waals surface area contributed by atoms with Crippen molar-refractivity contribution in [2.24, 2.45) is 11.8 Å². The molecule has 134 valence electrons. The van der Waals surface area contributed by atoms with E-state index in [1.807, 2.05) is 12.1 Å². The fourth-order valence-corrected chi connectivity index (χ4v) is 3.97. The molecule has 2 atom stereocenters. The third-order valence-corrected chi connectivity index (χ3v) is 5.03. The van der Waals surface area contributed by atoms with Gasteiger partial charge < -0.3 is 15.0 Å². The molecule has 2 heterocycles. The molecule has 2 N–H and O–H groups in total. The van der Waals surface area contributed by atoms with Crippen molar-refractivity contribution in [1.29, 1.82) is 0 Å². The van der Waals surface area contributed by atoms with Gasteiger partial charge in [0.25, 0.3) is 0 Å². The number of piperidine rings is 1. The fourth-order valence-electron chi connectivity index (χ4n) is 3.21. The van der Waals surface area contributed by atoms with E-state index in [1.54, 1.807) is 19.2 Å². The van der Waals surface area contributed by atoms with Gasteiger partial charge in [-0.25, -0.2) is 4.79 Å². The maximum atomic E-state index is 12.2. The lowest BCUT2D eigenvalue weighted by atomic mass is 9.92. The van der Waals surface area contributed by atoms with Crippen LogP contribution in [0.4, 0.5) is 20.7 Å². The number of hydrogen-bond donors (Lipinski definition) is 2. The van der Waals surface area contributed by atoms with E-state index in [9.17, 15) is 4.79 Å². The Morgan fingerprint density at radius 2 is 1.92 bits per heavy atom. The Labute approximate surface area is 151 Å². The summed E-state index contributed by atoms with van der Waals surface area (Å²) in [6, 6.07) is 6.88. The highest BCUT2D eigenvalue weighted by Crippen LogP contribution is 2.30. The number of nitrogens with zero attached hydrogens (tertiary/aromatic N) is 3. The molecule has 1 aliphatic heterocycles. The van der Waals surface area contributed by atoms with Crippen LogP contribution < -0.4 is 20.3 Å². The number of amides is 2. The van der Waals surface area contributed by atoms with Crippen molar-refractivity contribution in [2.75, 3.05) is 35.7 Å². The molecule has 2 amide bonds. The molecule has 1 aromatic carbocycles. The first-order valence-electron chi connectivity index (χ1n) is 8.34. The van der Waals surface area contributed by atoms with Crippen LogP contribution in [0, 0.1) is 11.8 Å². The summed E-state index contributed by atoms with van der Waals surface area (Å²) in [4.78, 5) is 14.4. The summed E-state index contributed by atoms with van der Waals surface area (Å²) in [6.45, 7) is 6.46. The highest BCUT2D eigenvalue weighted by molar-refractivity contribution is 7.19.